The highest BCUT2D eigenvalue weighted by Crippen LogP contribution is 2.34. The molecule has 2 heterocycles. The molecule has 0 aromatic rings. The van der Waals surface area contributed by atoms with Crippen LogP contribution in [0.5, 0.6) is 0 Å². The van der Waals surface area contributed by atoms with Crippen molar-refractivity contribution in [1.82, 2.24) is 15.3 Å². The molecule has 0 aromatic carbocycles. The van der Waals surface area contributed by atoms with E-state index in [1.165, 1.54) is 0 Å². The molecule has 2 saturated heterocycles. The minimum absolute atomic E-state index is 0.0106. The molecule has 2 aliphatic rings. The predicted molar refractivity (Wildman–Crippen MR) is 68.4 cm³/mol. The zero-order valence-electron chi connectivity index (χ0n) is 11.9. The van der Waals surface area contributed by atoms with Crippen LogP contribution in [0.2, 0.25) is 0 Å². The van der Waals surface area contributed by atoms with Gasteiger partial charge in [-0.1, -0.05) is 20.8 Å². The Bertz CT molecular complexity index is 375. The lowest BCUT2D eigenvalue weighted by Gasteiger charge is -2.48. The van der Waals surface area contributed by atoms with Crippen molar-refractivity contribution in [3.8, 4) is 0 Å². The van der Waals surface area contributed by atoms with Crippen molar-refractivity contribution in [1.29, 1.82) is 0 Å². The highest BCUT2D eigenvalue weighted by molar-refractivity contribution is 5.86. The average Bonchev–Trinajstić information content (AvgIpc) is 2.27. The van der Waals surface area contributed by atoms with E-state index in [-0.39, 0.29) is 35.1 Å². The van der Waals surface area contributed by atoms with Crippen molar-refractivity contribution in [3.63, 3.8) is 0 Å². The summed E-state index contributed by atoms with van der Waals surface area (Å²) in [7, 11) is 1.80. The van der Waals surface area contributed by atoms with Gasteiger partial charge in [-0.25, -0.2) is 5.43 Å². The minimum atomic E-state index is 0.0106. The number of hydrogen-bond donors (Lipinski definition) is 1. The van der Waals surface area contributed by atoms with Crippen LogP contribution in [0.4, 0.5) is 0 Å². The van der Waals surface area contributed by atoms with E-state index < -0.39 is 0 Å². The summed E-state index contributed by atoms with van der Waals surface area (Å²) < 4.78 is 0. The Morgan fingerprint density at radius 2 is 1.83 bits per heavy atom. The molecule has 102 valence electrons. The smallest absolute Gasteiger partial charge is 0.242 e. The van der Waals surface area contributed by atoms with E-state index in [1.807, 2.05) is 6.92 Å². The Kier molecular flexibility index (Phi) is 3.13. The van der Waals surface area contributed by atoms with Gasteiger partial charge in [-0.05, 0) is 12.3 Å². The molecule has 3 unspecified atom stereocenters. The van der Waals surface area contributed by atoms with Crippen LogP contribution in [-0.2, 0) is 9.59 Å². The molecule has 0 bridgehead atoms. The lowest BCUT2D eigenvalue weighted by molar-refractivity contribution is -0.164. The van der Waals surface area contributed by atoms with Crippen LogP contribution >= 0.6 is 0 Å². The van der Waals surface area contributed by atoms with E-state index in [4.69, 9.17) is 0 Å². The van der Waals surface area contributed by atoms with Crippen molar-refractivity contribution >= 4 is 11.8 Å². The number of amides is 2. The Balaban J connectivity index is 1.83. The summed E-state index contributed by atoms with van der Waals surface area (Å²) in [5.74, 6) is 0.415. The Morgan fingerprint density at radius 3 is 2.22 bits per heavy atom. The fraction of sp³-hybridized carbons (Fsp3) is 0.846. The van der Waals surface area contributed by atoms with Gasteiger partial charge in [-0.3, -0.25) is 14.6 Å². The summed E-state index contributed by atoms with van der Waals surface area (Å²) in [4.78, 5) is 25.3. The topological polar surface area (TPSA) is 52.7 Å². The van der Waals surface area contributed by atoms with Gasteiger partial charge in [0.05, 0.1) is 11.8 Å². The fourth-order valence-electron chi connectivity index (χ4n) is 2.53. The van der Waals surface area contributed by atoms with Crippen LogP contribution in [0.1, 0.15) is 27.7 Å². The quantitative estimate of drug-likeness (QED) is 0.744. The maximum absolute atomic E-state index is 12.0. The number of β-lactam (4-membered cyclic amide) rings is 2. The standard InChI is InChI=1S/C13H23N3O2/c1-8(9-6-15(5)11(9)17)14-16-7-10(12(16)18)13(2,3)4/h8-10,14H,6-7H2,1-5H3. The maximum Gasteiger partial charge on any atom is 0.242 e. The molecular weight excluding hydrogens is 230 g/mol. The molecule has 0 spiro atoms. The van der Waals surface area contributed by atoms with Crippen LogP contribution in [-0.4, -0.2) is 47.9 Å². The van der Waals surface area contributed by atoms with E-state index in [1.54, 1.807) is 17.0 Å². The van der Waals surface area contributed by atoms with E-state index in [0.717, 1.165) is 13.1 Å². The first kappa shape index (κ1) is 13.3. The van der Waals surface area contributed by atoms with Gasteiger partial charge >= 0.3 is 0 Å². The van der Waals surface area contributed by atoms with E-state index in [2.05, 4.69) is 26.2 Å². The Hall–Kier alpha value is -1.10. The zero-order chi connectivity index (χ0) is 13.7. The number of hydrogen-bond acceptors (Lipinski definition) is 3. The van der Waals surface area contributed by atoms with E-state index in [9.17, 15) is 9.59 Å². The van der Waals surface area contributed by atoms with Gasteiger partial charge in [0.1, 0.15) is 0 Å². The molecule has 2 rings (SSSR count). The van der Waals surface area contributed by atoms with Crippen molar-refractivity contribution in [2.24, 2.45) is 17.3 Å². The van der Waals surface area contributed by atoms with Gasteiger partial charge in [0, 0.05) is 26.2 Å². The van der Waals surface area contributed by atoms with Crippen molar-refractivity contribution < 1.29 is 9.59 Å². The summed E-state index contributed by atoms with van der Waals surface area (Å²) in [6.07, 6.45) is 0. The second-order valence-corrected chi connectivity index (χ2v) is 6.61. The number of likely N-dealkylation sites (tertiary alicyclic amines) is 1. The zero-order valence-corrected chi connectivity index (χ0v) is 11.9. The molecule has 0 aliphatic carbocycles. The third-order valence-electron chi connectivity index (χ3n) is 4.10. The molecule has 5 heteroatoms. The first-order chi connectivity index (χ1) is 8.21. The van der Waals surface area contributed by atoms with Crippen molar-refractivity contribution in [2.45, 2.75) is 33.7 Å². The summed E-state index contributed by atoms with van der Waals surface area (Å²) in [5.41, 5.74) is 3.18. The van der Waals surface area contributed by atoms with Gasteiger partial charge in [0.2, 0.25) is 11.8 Å². The highest BCUT2D eigenvalue weighted by Gasteiger charge is 2.46. The normalized spacial score (nSPS) is 30.1. The number of nitrogens with zero attached hydrogens (tertiary/aromatic N) is 2. The van der Waals surface area contributed by atoms with Crippen LogP contribution in [0.3, 0.4) is 0 Å². The first-order valence-electron chi connectivity index (χ1n) is 6.54. The molecule has 1 N–H and O–H groups in total. The molecule has 2 fully saturated rings. The number of rotatable bonds is 3. The Labute approximate surface area is 108 Å². The molecule has 2 aliphatic heterocycles. The number of hydrazine groups is 1. The second-order valence-electron chi connectivity index (χ2n) is 6.61. The molecule has 2 amide bonds. The summed E-state index contributed by atoms with van der Waals surface area (Å²) in [6.45, 7) is 9.73. The van der Waals surface area contributed by atoms with Crippen molar-refractivity contribution in [2.75, 3.05) is 20.1 Å². The molecule has 3 atom stereocenters. The monoisotopic (exact) mass is 253 g/mol. The summed E-state index contributed by atoms with van der Waals surface area (Å²) in [6, 6.07) is 0.0265. The second kappa shape index (κ2) is 4.23. The molecule has 0 aromatic heterocycles. The third-order valence-corrected chi connectivity index (χ3v) is 4.10. The molecule has 5 nitrogen and oxygen atoms in total. The highest BCUT2D eigenvalue weighted by atomic mass is 16.2. The van der Waals surface area contributed by atoms with E-state index in [0.29, 0.717) is 0 Å². The largest absolute Gasteiger partial charge is 0.345 e. The van der Waals surface area contributed by atoms with Gasteiger partial charge in [0.25, 0.3) is 0 Å². The first-order valence-corrected chi connectivity index (χ1v) is 6.54. The number of nitrogens with one attached hydrogen (secondary N) is 1. The van der Waals surface area contributed by atoms with Gasteiger partial charge in [-0.15, -0.1) is 0 Å². The van der Waals surface area contributed by atoms with Gasteiger partial charge in [0.15, 0.2) is 0 Å². The lowest BCUT2D eigenvalue weighted by Crippen LogP contribution is -2.67. The molecule has 0 radical (unpaired) electrons. The lowest BCUT2D eigenvalue weighted by atomic mass is 9.76. The Morgan fingerprint density at radius 1 is 1.22 bits per heavy atom. The minimum Gasteiger partial charge on any atom is -0.345 e. The number of carbonyl (C=O) groups excluding carboxylic acids is 2. The maximum atomic E-state index is 12.0. The SMILES string of the molecule is CC(NN1CC(C(C)(C)C)C1=O)C1CN(C)C1=O. The van der Waals surface area contributed by atoms with Crippen LogP contribution in [0, 0.1) is 17.3 Å². The third kappa shape index (κ3) is 2.11. The van der Waals surface area contributed by atoms with Gasteiger partial charge < -0.3 is 4.90 Å². The van der Waals surface area contributed by atoms with Crippen LogP contribution < -0.4 is 5.43 Å². The summed E-state index contributed by atoms with van der Waals surface area (Å²) >= 11 is 0. The fourth-order valence-corrected chi connectivity index (χ4v) is 2.53. The molecule has 18 heavy (non-hydrogen) atoms. The van der Waals surface area contributed by atoms with Crippen LogP contribution in [0.25, 0.3) is 0 Å². The van der Waals surface area contributed by atoms with Gasteiger partial charge in [-0.2, -0.15) is 0 Å². The average molecular weight is 253 g/mol. The van der Waals surface area contributed by atoms with Crippen molar-refractivity contribution in [3.05, 3.63) is 0 Å². The number of carbonyl (C=O) groups is 2. The molecular formula is C13H23N3O2. The summed E-state index contributed by atoms with van der Waals surface area (Å²) in [5, 5.41) is 1.66. The predicted octanol–water partition coefficient (Wildman–Crippen LogP) is 0.472. The van der Waals surface area contributed by atoms with Crippen LogP contribution in [0.15, 0.2) is 0 Å². The van der Waals surface area contributed by atoms with E-state index >= 15 is 0 Å². The molecule has 0 saturated carbocycles.